The van der Waals surface area contributed by atoms with E-state index in [4.69, 9.17) is 9.88 Å². The molecule has 156 valence electrons. The first-order chi connectivity index (χ1) is 13.8. The summed E-state index contributed by atoms with van der Waals surface area (Å²) in [6, 6.07) is 14.2. The van der Waals surface area contributed by atoms with Crippen LogP contribution >= 0.6 is 0 Å². The van der Waals surface area contributed by atoms with Gasteiger partial charge in [-0.1, -0.05) is 24.3 Å². The van der Waals surface area contributed by atoms with Crippen molar-refractivity contribution in [1.82, 2.24) is 9.80 Å². The molecule has 0 aromatic heterocycles. The second-order valence-electron chi connectivity index (χ2n) is 7.22. The van der Waals surface area contributed by atoms with Crippen molar-refractivity contribution in [2.24, 2.45) is 5.14 Å². The summed E-state index contributed by atoms with van der Waals surface area (Å²) in [4.78, 5) is 17.0. The van der Waals surface area contributed by atoms with Gasteiger partial charge in [0, 0.05) is 32.7 Å². The van der Waals surface area contributed by atoms with E-state index in [1.165, 1.54) is 17.7 Å². The lowest BCUT2D eigenvalue weighted by Crippen LogP contribution is -2.36. The number of carbonyl (C=O) groups excluding carboxylic acids is 1. The van der Waals surface area contributed by atoms with Gasteiger partial charge in [-0.2, -0.15) is 0 Å². The van der Waals surface area contributed by atoms with Crippen molar-refractivity contribution in [3.63, 3.8) is 0 Å². The van der Waals surface area contributed by atoms with Gasteiger partial charge in [0.05, 0.1) is 18.4 Å². The van der Waals surface area contributed by atoms with E-state index in [-0.39, 0.29) is 17.2 Å². The zero-order valence-corrected chi connectivity index (χ0v) is 17.4. The normalized spacial score (nSPS) is 15.7. The van der Waals surface area contributed by atoms with Crippen LogP contribution in [0.25, 0.3) is 0 Å². The average Bonchev–Trinajstić information content (AvgIpc) is 2.94. The van der Waals surface area contributed by atoms with Gasteiger partial charge in [-0.3, -0.25) is 9.69 Å². The summed E-state index contributed by atoms with van der Waals surface area (Å²) in [6.45, 7) is 4.03. The van der Waals surface area contributed by atoms with E-state index in [0.717, 1.165) is 43.9 Å². The minimum Gasteiger partial charge on any atom is -0.497 e. The molecule has 2 N–H and O–H groups in total. The molecule has 0 bridgehead atoms. The van der Waals surface area contributed by atoms with E-state index in [1.54, 1.807) is 19.2 Å². The molecule has 0 aliphatic carbocycles. The van der Waals surface area contributed by atoms with Crippen molar-refractivity contribution in [1.29, 1.82) is 0 Å². The first-order valence-corrected chi connectivity index (χ1v) is 11.1. The number of hydrogen-bond donors (Lipinski definition) is 1. The third kappa shape index (κ3) is 6.03. The third-order valence-corrected chi connectivity index (χ3v) is 6.04. The predicted octanol–water partition coefficient (Wildman–Crippen LogP) is 1.62. The Morgan fingerprint density at radius 2 is 1.62 bits per heavy atom. The first-order valence-electron chi connectivity index (χ1n) is 9.60. The Morgan fingerprint density at radius 1 is 0.966 bits per heavy atom. The third-order valence-electron chi connectivity index (χ3n) is 5.11. The Balaban J connectivity index is 1.53. The smallest absolute Gasteiger partial charge is 0.238 e. The van der Waals surface area contributed by atoms with Gasteiger partial charge in [0.2, 0.25) is 15.9 Å². The number of ether oxygens (including phenoxy) is 1. The number of amides is 1. The monoisotopic (exact) mass is 417 g/mol. The fraction of sp³-hybridized carbons (Fsp3) is 0.381. The summed E-state index contributed by atoms with van der Waals surface area (Å²) in [6.07, 6.45) is 1.18. The van der Waals surface area contributed by atoms with Crippen LogP contribution in [0.3, 0.4) is 0 Å². The van der Waals surface area contributed by atoms with Gasteiger partial charge in [0.1, 0.15) is 5.75 Å². The molecule has 0 atom stereocenters. The van der Waals surface area contributed by atoms with Crippen molar-refractivity contribution in [2.45, 2.75) is 24.3 Å². The summed E-state index contributed by atoms with van der Waals surface area (Å²) >= 11 is 0. The number of sulfonamides is 1. The van der Waals surface area contributed by atoms with Gasteiger partial charge in [0.25, 0.3) is 0 Å². The van der Waals surface area contributed by atoms with Crippen molar-refractivity contribution >= 4 is 15.9 Å². The van der Waals surface area contributed by atoms with E-state index in [2.05, 4.69) is 17.0 Å². The van der Waals surface area contributed by atoms with Crippen LogP contribution in [0.15, 0.2) is 53.4 Å². The van der Waals surface area contributed by atoms with Crippen molar-refractivity contribution in [2.75, 3.05) is 33.3 Å². The molecule has 3 rings (SSSR count). The Morgan fingerprint density at radius 3 is 2.24 bits per heavy atom. The van der Waals surface area contributed by atoms with Gasteiger partial charge in [0.15, 0.2) is 0 Å². The number of rotatable bonds is 6. The van der Waals surface area contributed by atoms with E-state index in [0.29, 0.717) is 6.54 Å². The van der Waals surface area contributed by atoms with Crippen LogP contribution in [-0.4, -0.2) is 57.4 Å². The van der Waals surface area contributed by atoms with Crippen LogP contribution in [0.5, 0.6) is 5.75 Å². The summed E-state index contributed by atoms with van der Waals surface area (Å²) in [7, 11) is -2.06. The van der Waals surface area contributed by atoms with E-state index >= 15 is 0 Å². The maximum absolute atomic E-state index is 12.7. The van der Waals surface area contributed by atoms with Crippen LogP contribution in [0.4, 0.5) is 0 Å². The molecule has 1 aliphatic rings. The van der Waals surface area contributed by atoms with Crippen LogP contribution in [-0.2, 0) is 27.8 Å². The molecule has 1 amide bonds. The predicted molar refractivity (Wildman–Crippen MR) is 111 cm³/mol. The highest BCUT2D eigenvalue weighted by Crippen LogP contribution is 2.15. The summed E-state index contributed by atoms with van der Waals surface area (Å²) in [5.41, 5.74) is 2.00. The van der Waals surface area contributed by atoms with Crippen LogP contribution in [0, 0.1) is 0 Å². The number of nitrogens with two attached hydrogens (primary N) is 1. The number of nitrogens with zero attached hydrogens (tertiary/aromatic N) is 2. The van der Waals surface area contributed by atoms with E-state index < -0.39 is 10.0 Å². The number of primary sulfonamides is 1. The highest BCUT2D eigenvalue weighted by atomic mass is 32.2. The zero-order chi connectivity index (χ0) is 20.9. The minimum absolute atomic E-state index is 0.0534. The Labute approximate surface area is 172 Å². The number of carbonyl (C=O) groups is 1. The topological polar surface area (TPSA) is 92.9 Å². The molecule has 8 heteroatoms. The molecule has 1 aliphatic heterocycles. The Hall–Kier alpha value is -2.42. The van der Waals surface area contributed by atoms with E-state index in [1.807, 2.05) is 17.0 Å². The molecule has 0 radical (unpaired) electrons. The van der Waals surface area contributed by atoms with Crippen LogP contribution in [0.2, 0.25) is 0 Å². The average molecular weight is 418 g/mol. The second kappa shape index (κ2) is 9.39. The fourth-order valence-corrected chi connectivity index (χ4v) is 3.97. The molecule has 0 saturated carbocycles. The number of methoxy groups -OCH3 is 1. The maximum atomic E-state index is 12.7. The fourth-order valence-electron chi connectivity index (χ4n) is 3.45. The van der Waals surface area contributed by atoms with Crippen LogP contribution in [0.1, 0.15) is 17.5 Å². The first kappa shape index (κ1) is 21.3. The van der Waals surface area contributed by atoms with Gasteiger partial charge in [-0.25, -0.2) is 13.6 Å². The Bertz CT molecular complexity index is 927. The van der Waals surface area contributed by atoms with Gasteiger partial charge in [-0.05, 0) is 41.8 Å². The lowest BCUT2D eigenvalue weighted by Gasteiger charge is -2.22. The molecule has 2 aromatic rings. The molecule has 7 nitrogen and oxygen atoms in total. The van der Waals surface area contributed by atoms with Crippen molar-refractivity contribution in [3.8, 4) is 5.75 Å². The van der Waals surface area contributed by atoms with Crippen molar-refractivity contribution < 1.29 is 17.9 Å². The SMILES string of the molecule is COc1ccc(CN2CCCN(C(=O)Cc3ccc(S(N)(=O)=O)cc3)CC2)cc1. The number of benzene rings is 2. The second-order valence-corrected chi connectivity index (χ2v) is 8.79. The summed E-state index contributed by atoms with van der Waals surface area (Å²) in [5.74, 6) is 0.901. The van der Waals surface area contributed by atoms with Gasteiger partial charge < -0.3 is 9.64 Å². The molecule has 29 heavy (non-hydrogen) atoms. The summed E-state index contributed by atoms with van der Waals surface area (Å²) in [5, 5.41) is 5.11. The molecule has 1 saturated heterocycles. The lowest BCUT2D eigenvalue weighted by atomic mass is 10.1. The molecular formula is C21H27N3O4S. The standard InChI is InChI=1S/C21H27N3O4S/c1-28-19-7-3-18(4-8-19)16-23-11-2-12-24(14-13-23)21(25)15-17-5-9-20(10-6-17)29(22,26)27/h3-10H,2,11-16H2,1H3,(H2,22,26,27). The molecule has 1 heterocycles. The van der Waals surface area contributed by atoms with Gasteiger partial charge in [-0.15, -0.1) is 0 Å². The molecule has 0 unspecified atom stereocenters. The lowest BCUT2D eigenvalue weighted by molar-refractivity contribution is -0.130. The van der Waals surface area contributed by atoms with Crippen molar-refractivity contribution in [3.05, 3.63) is 59.7 Å². The largest absolute Gasteiger partial charge is 0.497 e. The quantitative estimate of drug-likeness (QED) is 0.771. The molecule has 0 spiro atoms. The summed E-state index contributed by atoms with van der Waals surface area (Å²) < 4.78 is 27.9. The molecule has 1 fully saturated rings. The molecular weight excluding hydrogens is 390 g/mol. The minimum atomic E-state index is -3.72. The number of hydrogen-bond acceptors (Lipinski definition) is 5. The Kier molecular flexibility index (Phi) is 6.89. The molecule has 2 aromatic carbocycles. The van der Waals surface area contributed by atoms with E-state index in [9.17, 15) is 13.2 Å². The van der Waals surface area contributed by atoms with Gasteiger partial charge >= 0.3 is 0 Å². The van der Waals surface area contributed by atoms with Crippen LogP contribution < -0.4 is 9.88 Å². The zero-order valence-electron chi connectivity index (χ0n) is 16.6. The highest BCUT2D eigenvalue weighted by molar-refractivity contribution is 7.89. The maximum Gasteiger partial charge on any atom is 0.238 e. The highest BCUT2D eigenvalue weighted by Gasteiger charge is 2.19.